The molecule has 0 unspecified atom stereocenters. The summed E-state index contributed by atoms with van der Waals surface area (Å²) in [5.74, 6) is -1.25. The fourth-order valence-corrected chi connectivity index (χ4v) is 4.77. The Morgan fingerprint density at radius 3 is 1.94 bits per heavy atom. The lowest BCUT2D eigenvalue weighted by Gasteiger charge is -2.32. The Morgan fingerprint density at radius 1 is 0.830 bits per heavy atom. The van der Waals surface area contributed by atoms with E-state index in [0.29, 0.717) is 21.8 Å². The number of esters is 1. The van der Waals surface area contributed by atoms with Crippen molar-refractivity contribution in [2.45, 2.75) is 85.0 Å². The molecule has 0 aliphatic carbocycles. The van der Waals surface area contributed by atoms with E-state index in [1.165, 1.54) is 12.0 Å². The summed E-state index contributed by atoms with van der Waals surface area (Å²) in [6.07, 6.45) is -1.89. The molecule has 4 rings (SSSR count). The summed E-state index contributed by atoms with van der Waals surface area (Å²) in [5, 5.41) is 0. The van der Waals surface area contributed by atoms with E-state index in [-0.39, 0.29) is 37.0 Å². The van der Waals surface area contributed by atoms with Crippen molar-refractivity contribution in [3.63, 3.8) is 0 Å². The van der Waals surface area contributed by atoms with Gasteiger partial charge in [-0.3, -0.25) is 9.59 Å². The predicted molar refractivity (Wildman–Crippen MR) is 175 cm³/mol. The van der Waals surface area contributed by atoms with Crippen molar-refractivity contribution in [1.82, 2.24) is 9.97 Å². The monoisotopic (exact) mass is 646 g/mol. The highest BCUT2D eigenvalue weighted by Gasteiger charge is 2.41. The Labute approximate surface area is 275 Å². The molecule has 47 heavy (non-hydrogen) atoms. The number of rotatable bonds is 7. The second kappa shape index (κ2) is 13.4. The summed E-state index contributed by atoms with van der Waals surface area (Å²) in [4.78, 5) is 64.9. The quantitative estimate of drug-likeness (QED) is 0.210. The van der Waals surface area contributed by atoms with Crippen LogP contribution in [0, 0.1) is 0 Å². The van der Waals surface area contributed by atoms with Gasteiger partial charge in [-0.2, -0.15) is 14.9 Å². The first kappa shape index (κ1) is 34.9. The summed E-state index contributed by atoms with van der Waals surface area (Å²) in [5.41, 5.74) is -0.590. The first-order chi connectivity index (χ1) is 21.9. The maximum Gasteiger partial charge on any atom is 0.425 e. The van der Waals surface area contributed by atoms with Gasteiger partial charge in [0.05, 0.1) is 18.2 Å². The number of methoxy groups -OCH3 is 1. The van der Waals surface area contributed by atoms with E-state index in [2.05, 4.69) is 9.97 Å². The Balaban J connectivity index is 1.67. The van der Waals surface area contributed by atoms with E-state index < -0.39 is 40.7 Å². The Kier molecular flexibility index (Phi) is 9.93. The van der Waals surface area contributed by atoms with Gasteiger partial charge in [0.25, 0.3) is 5.91 Å². The maximum absolute atomic E-state index is 14.2. The summed E-state index contributed by atoms with van der Waals surface area (Å²) in [6.45, 7) is 13.8. The number of aromatic nitrogens is 2. The number of ether oxygens (including phenoxy) is 4. The van der Waals surface area contributed by atoms with E-state index in [1.54, 1.807) is 79.7 Å². The predicted octanol–water partition coefficient (Wildman–Crippen LogP) is 6.39. The Bertz CT molecular complexity index is 1610. The van der Waals surface area contributed by atoms with Crippen LogP contribution in [0.2, 0.25) is 0 Å². The van der Waals surface area contributed by atoms with Gasteiger partial charge in [-0.05, 0) is 78.6 Å². The fourth-order valence-electron chi connectivity index (χ4n) is 4.77. The van der Waals surface area contributed by atoms with Gasteiger partial charge in [0.15, 0.2) is 5.82 Å². The molecule has 12 heteroatoms. The smallest absolute Gasteiger partial charge is 0.425 e. The number of fused-ring (bicyclic) bond motifs is 1. The third kappa shape index (κ3) is 8.24. The van der Waals surface area contributed by atoms with E-state index >= 15 is 0 Å². The molecule has 0 N–H and O–H groups in total. The average Bonchev–Trinajstić information content (AvgIpc) is 2.98. The van der Waals surface area contributed by atoms with Gasteiger partial charge in [0, 0.05) is 18.7 Å². The number of anilines is 2. The number of carbonyl (C=O) groups excluding carboxylic acids is 4. The molecule has 0 radical (unpaired) electrons. The number of hydrogen-bond donors (Lipinski definition) is 0. The molecule has 0 saturated heterocycles. The molecule has 0 bridgehead atoms. The number of hydrogen-bond acceptors (Lipinski definition) is 10. The van der Waals surface area contributed by atoms with Gasteiger partial charge in [0.2, 0.25) is 0 Å². The van der Waals surface area contributed by atoms with Crippen LogP contribution in [0.15, 0.2) is 54.6 Å². The first-order valence-electron chi connectivity index (χ1n) is 15.3. The molecule has 2 heterocycles. The second-order valence-corrected chi connectivity index (χ2v) is 13.6. The van der Waals surface area contributed by atoms with Gasteiger partial charge in [-0.25, -0.2) is 9.59 Å². The van der Waals surface area contributed by atoms with Gasteiger partial charge >= 0.3 is 24.2 Å². The Morgan fingerprint density at radius 2 is 1.40 bits per heavy atom. The average molecular weight is 647 g/mol. The van der Waals surface area contributed by atoms with Gasteiger partial charge in [0.1, 0.15) is 23.4 Å². The number of amides is 3. The first-order valence-corrected chi connectivity index (χ1v) is 15.3. The molecule has 0 spiro atoms. The lowest BCUT2D eigenvalue weighted by molar-refractivity contribution is -0.150. The van der Waals surface area contributed by atoms with Gasteiger partial charge in [-0.1, -0.05) is 42.5 Å². The Hall–Kier alpha value is -5.00. The van der Waals surface area contributed by atoms with Crippen molar-refractivity contribution < 1.29 is 38.1 Å². The van der Waals surface area contributed by atoms with Crippen LogP contribution in [0.5, 0.6) is 6.01 Å². The zero-order valence-corrected chi connectivity index (χ0v) is 28.4. The minimum absolute atomic E-state index is 0.0670. The molecule has 0 fully saturated rings. The largest absolute Gasteiger partial charge is 0.467 e. The molecule has 1 aliphatic rings. The van der Waals surface area contributed by atoms with E-state index in [4.69, 9.17) is 18.9 Å². The molecule has 0 atom stereocenters. The molecular weight excluding hydrogens is 604 g/mol. The molecular formula is C35H42N4O8. The third-order valence-corrected chi connectivity index (χ3v) is 7.15. The second-order valence-electron chi connectivity index (χ2n) is 13.6. The van der Waals surface area contributed by atoms with E-state index in [0.717, 1.165) is 5.56 Å². The van der Waals surface area contributed by atoms with E-state index in [9.17, 15) is 19.2 Å². The molecule has 3 amide bonds. The molecule has 1 aliphatic heterocycles. The molecule has 2 aromatic carbocycles. The van der Waals surface area contributed by atoms with Crippen LogP contribution in [0.3, 0.4) is 0 Å². The van der Waals surface area contributed by atoms with Gasteiger partial charge < -0.3 is 23.8 Å². The van der Waals surface area contributed by atoms with Crippen LogP contribution in [0.1, 0.15) is 82.6 Å². The summed E-state index contributed by atoms with van der Waals surface area (Å²) < 4.78 is 21.9. The van der Waals surface area contributed by atoms with E-state index in [1.807, 2.05) is 30.3 Å². The van der Waals surface area contributed by atoms with Crippen LogP contribution in [0.4, 0.5) is 21.1 Å². The normalized spacial score (nSPS) is 13.4. The minimum atomic E-state index is -1.08. The summed E-state index contributed by atoms with van der Waals surface area (Å²) in [6, 6.07) is 16.3. The number of carbonyl (C=O) groups is 4. The van der Waals surface area contributed by atoms with Crippen LogP contribution in [-0.2, 0) is 37.4 Å². The lowest BCUT2D eigenvalue weighted by atomic mass is 9.84. The highest BCUT2D eigenvalue weighted by atomic mass is 16.6. The van der Waals surface area contributed by atoms with Crippen LogP contribution in [0.25, 0.3) is 0 Å². The number of nitrogens with zero attached hydrogens (tertiary/aromatic N) is 4. The third-order valence-electron chi connectivity index (χ3n) is 7.15. The molecule has 0 saturated carbocycles. The summed E-state index contributed by atoms with van der Waals surface area (Å²) in [7, 11) is 1.34. The fraction of sp³-hybridized carbons (Fsp3) is 0.429. The van der Waals surface area contributed by atoms with Crippen molar-refractivity contribution in [3.8, 4) is 6.01 Å². The number of benzene rings is 2. The van der Waals surface area contributed by atoms with Crippen LogP contribution >= 0.6 is 0 Å². The van der Waals surface area contributed by atoms with Crippen molar-refractivity contribution in [3.05, 3.63) is 77.0 Å². The SMILES string of the molecule is COc1nc2c(c(N(C(=O)OC(C)(C)C)C(=O)OC(C)(C)C)n1)C(=O)N(c1ccc(C(C)(C)C(=O)OCc3ccccc3)cc1)CC2. The standard InChI is InChI=1S/C35H42N4O8/c1-33(2,3)46-31(42)39(32(43)47-34(4,5)6)27-26-25(36-30(37-27)44-9)19-20-38(28(26)40)24-17-15-23(16-18-24)35(7,8)29(41)45-21-22-13-11-10-12-14-22/h10-18H,19-21H2,1-9H3. The maximum atomic E-state index is 14.2. The highest BCUT2D eigenvalue weighted by molar-refractivity contribution is 6.17. The zero-order valence-electron chi connectivity index (χ0n) is 28.4. The lowest BCUT2D eigenvalue weighted by Crippen LogP contribution is -2.47. The molecule has 1 aromatic heterocycles. The van der Waals surface area contributed by atoms with Crippen molar-refractivity contribution >= 4 is 35.6 Å². The van der Waals surface area contributed by atoms with Crippen molar-refractivity contribution in [1.29, 1.82) is 0 Å². The van der Waals surface area contributed by atoms with Crippen LogP contribution in [-0.4, -0.2) is 58.9 Å². The van der Waals surface area contributed by atoms with Gasteiger partial charge in [-0.15, -0.1) is 0 Å². The van der Waals surface area contributed by atoms with Crippen LogP contribution < -0.4 is 14.5 Å². The van der Waals surface area contributed by atoms with Crippen molar-refractivity contribution in [2.75, 3.05) is 23.5 Å². The molecule has 12 nitrogen and oxygen atoms in total. The highest BCUT2D eigenvalue weighted by Crippen LogP contribution is 2.34. The summed E-state index contributed by atoms with van der Waals surface area (Å²) >= 11 is 0. The molecule has 3 aromatic rings. The molecule has 250 valence electrons. The topological polar surface area (TPSA) is 137 Å². The number of imide groups is 1. The zero-order chi connectivity index (χ0) is 34.7. The van der Waals surface area contributed by atoms with Crippen molar-refractivity contribution in [2.24, 2.45) is 0 Å². The minimum Gasteiger partial charge on any atom is -0.467 e.